The van der Waals surface area contributed by atoms with Gasteiger partial charge in [-0.3, -0.25) is 0 Å². The summed E-state index contributed by atoms with van der Waals surface area (Å²) in [6.07, 6.45) is 10.3. The van der Waals surface area contributed by atoms with Gasteiger partial charge in [0.25, 0.3) is 0 Å². The van der Waals surface area contributed by atoms with Crippen LogP contribution in [0.3, 0.4) is 0 Å². The molecular weight excluding hydrogens is 407 g/mol. The van der Waals surface area contributed by atoms with E-state index in [4.69, 9.17) is 43.7 Å². The molecule has 0 atom stereocenters. The van der Waals surface area contributed by atoms with Crippen LogP contribution in [0.5, 0.6) is 5.75 Å². The molecule has 0 N–H and O–H groups in total. The molecule has 1 aromatic rings. The first-order chi connectivity index (χ1) is 12.5. The topological polar surface area (TPSA) is 18.5 Å². The molecule has 0 aromatic heterocycles. The lowest BCUT2D eigenvalue weighted by Crippen LogP contribution is -2.44. The minimum atomic E-state index is -2.38. The van der Waals surface area contributed by atoms with Crippen molar-refractivity contribution < 1.29 is 8.85 Å². The summed E-state index contributed by atoms with van der Waals surface area (Å²) in [4.78, 5) is 0. The fourth-order valence-electron chi connectivity index (χ4n) is 2.91. The van der Waals surface area contributed by atoms with Crippen molar-refractivity contribution in [1.29, 1.82) is 0 Å². The third-order valence-electron chi connectivity index (χ3n) is 4.73. The second-order valence-electron chi connectivity index (χ2n) is 6.72. The lowest BCUT2D eigenvalue weighted by molar-refractivity contribution is 0.230. The molecule has 0 amide bonds. The zero-order valence-electron chi connectivity index (χ0n) is 16.4. The summed E-state index contributed by atoms with van der Waals surface area (Å²) in [5, 5.41) is 1.30. The van der Waals surface area contributed by atoms with Crippen LogP contribution >= 0.6 is 34.8 Å². The van der Waals surface area contributed by atoms with Crippen LogP contribution in [0.25, 0.3) is 0 Å². The number of rotatable bonds is 14. The van der Waals surface area contributed by atoms with Gasteiger partial charge in [-0.15, -0.1) is 0 Å². The Morgan fingerprint density at radius 1 is 0.769 bits per heavy atom. The maximum Gasteiger partial charge on any atom is 0.398 e. The minimum absolute atomic E-state index is 0.369. The van der Waals surface area contributed by atoms with E-state index >= 15 is 0 Å². The molecule has 0 fully saturated rings. The van der Waals surface area contributed by atoms with Gasteiger partial charge < -0.3 is 8.85 Å². The highest BCUT2D eigenvalue weighted by Gasteiger charge is 2.37. The van der Waals surface area contributed by atoms with E-state index in [2.05, 4.69) is 20.8 Å². The zero-order valence-corrected chi connectivity index (χ0v) is 19.7. The predicted octanol–water partition coefficient (Wildman–Crippen LogP) is 8.66. The standard InChI is InChI=1S/C20H33Cl3O2Si/c1-4-7-8-9-10-11-12-13-16-24-26(5-2,6-3)25-20-18(22)15-14-17(21)19(20)23/h14-15H,4-13,16H2,1-3H3. The molecule has 1 rings (SSSR count). The molecule has 0 aliphatic carbocycles. The van der Waals surface area contributed by atoms with Gasteiger partial charge in [0, 0.05) is 6.61 Å². The quantitative estimate of drug-likeness (QED) is 0.164. The van der Waals surface area contributed by atoms with E-state index in [9.17, 15) is 0 Å². The number of hydrogen-bond donors (Lipinski definition) is 0. The summed E-state index contributed by atoms with van der Waals surface area (Å²) in [6, 6.07) is 5.09. The first kappa shape index (κ1) is 24.1. The van der Waals surface area contributed by atoms with Crippen molar-refractivity contribution >= 4 is 43.4 Å². The number of halogens is 3. The summed E-state index contributed by atoms with van der Waals surface area (Å²) < 4.78 is 12.6. The van der Waals surface area contributed by atoms with Crippen LogP contribution in [0.2, 0.25) is 27.2 Å². The lowest BCUT2D eigenvalue weighted by atomic mass is 10.1. The van der Waals surface area contributed by atoms with Gasteiger partial charge in [-0.1, -0.05) is 101 Å². The molecule has 0 unspecified atom stereocenters. The fraction of sp³-hybridized carbons (Fsp3) is 0.700. The highest BCUT2D eigenvalue weighted by atomic mass is 35.5. The van der Waals surface area contributed by atoms with Crippen molar-refractivity contribution in [2.75, 3.05) is 6.61 Å². The van der Waals surface area contributed by atoms with Gasteiger partial charge in [0.2, 0.25) is 0 Å². The molecule has 0 bridgehead atoms. The molecule has 26 heavy (non-hydrogen) atoms. The van der Waals surface area contributed by atoms with Crippen LogP contribution in [-0.2, 0) is 4.43 Å². The van der Waals surface area contributed by atoms with E-state index in [1.54, 1.807) is 12.1 Å². The molecule has 0 heterocycles. The molecule has 0 saturated heterocycles. The second kappa shape index (κ2) is 13.3. The van der Waals surface area contributed by atoms with E-state index in [0.29, 0.717) is 20.8 Å². The Balaban J connectivity index is 2.49. The first-order valence-electron chi connectivity index (χ1n) is 9.96. The Morgan fingerprint density at radius 3 is 1.88 bits per heavy atom. The van der Waals surface area contributed by atoms with Gasteiger partial charge in [0.15, 0.2) is 0 Å². The molecule has 0 saturated carbocycles. The normalized spacial score (nSPS) is 11.8. The highest BCUT2D eigenvalue weighted by Crippen LogP contribution is 2.40. The largest absolute Gasteiger partial charge is 0.518 e. The summed E-state index contributed by atoms with van der Waals surface area (Å²) in [5.41, 5.74) is 0. The molecular formula is C20H33Cl3O2Si. The van der Waals surface area contributed by atoms with Gasteiger partial charge in [0.05, 0.1) is 10.0 Å². The summed E-state index contributed by atoms with van der Waals surface area (Å²) in [6.45, 7) is 7.20. The fourth-order valence-corrected chi connectivity index (χ4v) is 5.99. The smallest absolute Gasteiger partial charge is 0.398 e. The summed E-state index contributed by atoms with van der Waals surface area (Å²) in [7, 11) is -2.38. The van der Waals surface area contributed by atoms with Crippen molar-refractivity contribution in [2.24, 2.45) is 0 Å². The van der Waals surface area contributed by atoms with Crippen molar-refractivity contribution in [3.8, 4) is 5.75 Å². The van der Waals surface area contributed by atoms with E-state index in [0.717, 1.165) is 25.1 Å². The van der Waals surface area contributed by atoms with Crippen LogP contribution in [-0.4, -0.2) is 15.2 Å². The first-order valence-corrected chi connectivity index (χ1v) is 13.3. The van der Waals surface area contributed by atoms with Crippen LogP contribution in [0.15, 0.2) is 12.1 Å². The van der Waals surface area contributed by atoms with Crippen molar-refractivity contribution in [3.63, 3.8) is 0 Å². The molecule has 6 heteroatoms. The van der Waals surface area contributed by atoms with Crippen molar-refractivity contribution in [1.82, 2.24) is 0 Å². The van der Waals surface area contributed by atoms with Crippen LogP contribution in [0, 0.1) is 0 Å². The van der Waals surface area contributed by atoms with Crippen LogP contribution < -0.4 is 4.43 Å². The summed E-state index contributed by atoms with van der Waals surface area (Å²) >= 11 is 18.7. The average Bonchev–Trinajstić information content (AvgIpc) is 2.65. The average molecular weight is 440 g/mol. The van der Waals surface area contributed by atoms with E-state index in [1.807, 2.05) is 0 Å². The third kappa shape index (κ3) is 7.98. The van der Waals surface area contributed by atoms with Crippen molar-refractivity contribution in [2.45, 2.75) is 84.2 Å². The SMILES string of the molecule is CCCCCCCCCCO[Si](CC)(CC)Oc1c(Cl)ccc(Cl)c1Cl. The van der Waals surface area contributed by atoms with Crippen LogP contribution in [0.1, 0.15) is 72.1 Å². The number of unbranched alkanes of at least 4 members (excludes halogenated alkanes) is 7. The molecule has 1 aromatic carbocycles. The number of benzene rings is 1. The lowest BCUT2D eigenvalue weighted by Gasteiger charge is -2.30. The molecule has 150 valence electrons. The van der Waals surface area contributed by atoms with Gasteiger partial charge in [-0.2, -0.15) is 0 Å². The molecule has 2 nitrogen and oxygen atoms in total. The van der Waals surface area contributed by atoms with Crippen LogP contribution in [0.4, 0.5) is 0 Å². The molecule has 0 spiro atoms. The molecule has 0 aliphatic rings. The van der Waals surface area contributed by atoms with Crippen molar-refractivity contribution in [3.05, 3.63) is 27.2 Å². The predicted molar refractivity (Wildman–Crippen MR) is 117 cm³/mol. The maximum atomic E-state index is 6.30. The zero-order chi connectivity index (χ0) is 19.4. The Morgan fingerprint density at radius 2 is 1.31 bits per heavy atom. The summed E-state index contributed by atoms with van der Waals surface area (Å²) in [5.74, 6) is 0.465. The Labute approximate surface area is 175 Å². The van der Waals surface area contributed by atoms with Gasteiger partial charge >= 0.3 is 8.56 Å². The van der Waals surface area contributed by atoms with E-state index in [-0.39, 0.29) is 0 Å². The maximum absolute atomic E-state index is 6.30. The molecule has 0 aliphatic heterocycles. The molecule has 0 radical (unpaired) electrons. The van der Waals surface area contributed by atoms with Gasteiger partial charge in [-0.25, -0.2) is 0 Å². The monoisotopic (exact) mass is 438 g/mol. The second-order valence-corrected chi connectivity index (χ2v) is 11.6. The minimum Gasteiger partial charge on any atom is -0.518 e. The van der Waals surface area contributed by atoms with Gasteiger partial charge in [-0.05, 0) is 30.6 Å². The Bertz CT molecular complexity index is 522. The highest BCUT2D eigenvalue weighted by molar-refractivity contribution is 6.68. The van der Waals surface area contributed by atoms with E-state index in [1.165, 1.54) is 44.9 Å². The third-order valence-corrected chi connectivity index (χ3v) is 9.28. The van der Waals surface area contributed by atoms with E-state index < -0.39 is 8.56 Å². The number of hydrogen-bond acceptors (Lipinski definition) is 2. The van der Waals surface area contributed by atoms with Gasteiger partial charge in [0.1, 0.15) is 10.8 Å². The Hall–Kier alpha value is 0.0669. The Kier molecular flexibility index (Phi) is 12.3.